The molecule has 0 saturated carbocycles. The van der Waals surface area contributed by atoms with Crippen molar-refractivity contribution in [2.24, 2.45) is 11.7 Å². The Morgan fingerprint density at radius 1 is 1.21 bits per heavy atom. The second-order valence-electron chi connectivity index (χ2n) is 12.3. The summed E-state index contributed by atoms with van der Waals surface area (Å²) in [6.45, 7) is 5.05. The molecule has 0 spiro atoms. The van der Waals surface area contributed by atoms with Crippen molar-refractivity contribution in [3.05, 3.63) is 64.2 Å². The molecule has 3 saturated heterocycles. The normalized spacial score (nSPS) is 30.7. The third kappa shape index (κ3) is 7.22. The van der Waals surface area contributed by atoms with Crippen LogP contribution < -0.4 is 11.1 Å². The summed E-state index contributed by atoms with van der Waals surface area (Å²) in [5.41, 5.74) is 8.61. The summed E-state index contributed by atoms with van der Waals surface area (Å²) in [6.07, 6.45) is 6.51. The van der Waals surface area contributed by atoms with Gasteiger partial charge in [-0.25, -0.2) is 12.8 Å². The fourth-order valence-corrected chi connectivity index (χ4v) is 9.14. The van der Waals surface area contributed by atoms with Crippen molar-refractivity contribution in [3.63, 3.8) is 0 Å². The van der Waals surface area contributed by atoms with Gasteiger partial charge in [0.2, 0.25) is 10.0 Å². The van der Waals surface area contributed by atoms with E-state index in [0.717, 1.165) is 31.0 Å². The molecule has 4 heterocycles. The number of benzene rings is 1. The molecular formula is C31H42ClFN4O4S. The molecule has 8 nitrogen and oxygen atoms in total. The van der Waals surface area contributed by atoms with E-state index in [1.54, 1.807) is 4.31 Å². The minimum Gasteiger partial charge on any atom is -0.376 e. The highest BCUT2D eigenvalue weighted by Crippen LogP contribution is 2.39. The molecule has 3 aliphatic heterocycles. The quantitative estimate of drug-likeness (QED) is 0.436. The van der Waals surface area contributed by atoms with Gasteiger partial charge in [-0.1, -0.05) is 23.7 Å². The highest BCUT2D eigenvalue weighted by molar-refractivity contribution is 7.89. The number of ketones is 1. The van der Waals surface area contributed by atoms with Crippen LogP contribution in [0.1, 0.15) is 68.6 Å². The zero-order valence-electron chi connectivity index (χ0n) is 24.3. The molecule has 2 aromatic rings. The van der Waals surface area contributed by atoms with Crippen LogP contribution in [-0.2, 0) is 32.4 Å². The number of carbonyl (C=O) groups excluding carboxylic acids is 1. The van der Waals surface area contributed by atoms with Gasteiger partial charge in [0.15, 0.2) is 5.78 Å². The Morgan fingerprint density at radius 3 is 2.64 bits per heavy atom. The first-order valence-corrected chi connectivity index (χ1v) is 17.0. The van der Waals surface area contributed by atoms with Crippen molar-refractivity contribution < 1.29 is 22.3 Å². The molecule has 2 bridgehead atoms. The number of Topliss-reactive ketones (excluding diaryl/α,β-unsaturated/α-hetero) is 1. The van der Waals surface area contributed by atoms with E-state index in [0.29, 0.717) is 48.5 Å². The molecule has 5 rings (SSSR count). The van der Waals surface area contributed by atoms with Crippen LogP contribution in [0.4, 0.5) is 4.39 Å². The van der Waals surface area contributed by atoms with E-state index in [1.165, 1.54) is 6.20 Å². The highest BCUT2D eigenvalue weighted by atomic mass is 35.5. The van der Waals surface area contributed by atoms with Crippen LogP contribution in [0.5, 0.6) is 0 Å². The topological polar surface area (TPSA) is 115 Å². The summed E-state index contributed by atoms with van der Waals surface area (Å²) in [5.74, 6) is -0.652. The van der Waals surface area contributed by atoms with Gasteiger partial charge in [-0.3, -0.25) is 9.78 Å². The van der Waals surface area contributed by atoms with Crippen molar-refractivity contribution in [1.29, 1.82) is 0 Å². The summed E-state index contributed by atoms with van der Waals surface area (Å²) in [5, 5.41) is 4.07. The van der Waals surface area contributed by atoms with E-state index in [4.69, 9.17) is 22.1 Å². The fourth-order valence-electron chi connectivity index (χ4n) is 7.20. The molecule has 3 fully saturated rings. The summed E-state index contributed by atoms with van der Waals surface area (Å²) in [7, 11) is -3.35. The average molecular weight is 621 g/mol. The SMILES string of the molecule is C[C@@H]1CC([C@H](c2ccc(Cl)cc2)[C@H](N)C(=O)Cc2cncc(F)c2CC[C@H]2CN[C@@H]3CCCS(=O)(=O)N2C3)C[C@H](C)O1. The number of fused-ring (bicyclic) bond motifs is 2. The number of nitrogens with two attached hydrogens (primary N) is 1. The number of hydrogen-bond donors (Lipinski definition) is 2. The second kappa shape index (κ2) is 13.4. The number of ether oxygens (including phenoxy) is 1. The lowest BCUT2D eigenvalue weighted by Gasteiger charge is -2.39. The molecule has 0 radical (unpaired) electrons. The molecule has 3 aliphatic rings. The Morgan fingerprint density at radius 2 is 1.93 bits per heavy atom. The molecule has 230 valence electrons. The van der Waals surface area contributed by atoms with Crippen LogP contribution in [0.25, 0.3) is 0 Å². The monoisotopic (exact) mass is 620 g/mol. The van der Waals surface area contributed by atoms with E-state index < -0.39 is 21.9 Å². The van der Waals surface area contributed by atoms with E-state index in [-0.39, 0.29) is 54.1 Å². The minimum atomic E-state index is -3.35. The number of aromatic nitrogens is 1. The van der Waals surface area contributed by atoms with Crippen molar-refractivity contribution in [3.8, 4) is 0 Å². The van der Waals surface area contributed by atoms with E-state index in [1.807, 2.05) is 38.1 Å². The lowest BCUT2D eigenvalue weighted by Crippen LogP contribution is -2.57. The first-order chi connectivity index (χ1) is 20.0. The summed E-state index contributed by atoms with van der Waals surface area (Å²) in [6, 6.07) is 6.56. The summed E-state index contributed by atoms with van der Waals surface area (Å²) >= 11 is 6.17. The average Bonchev–Trinajstić information content (AvgIpc) is 3.05. The number of halogens is 2. The predicted octanol–water partition coefficient (Wildman–Crippen LogP) is 4.00. The van der Waals surface area contributed by atoms with Crippen LogP contribution in [0, 0.1) is 11.7 Å². The zero-order valence-corrected chi connectivity index (χ0v) is 25.9. The van der Waals surface area contributed by atoms with Gasteiger partial charge in [-0.2, -0.15) is 4.31 Å². The Hall–Kier alpha value is -1.95. The predicted molar refractivity (Wildman–Crippen MR) is 161 cm³/mol. The lowest BCUT2D eigenvalue weighted by atomic mass is 9.73. The smallest absolute Gasteiger partial charge is 0.214 e. The number of hydrogen-bond acceptors (Lipinski definition) is 7. The molecule has 3 N–H and O–H groups in total. The van der Waals surface area contributed by atoms with E-state index in [2.05, 4.69) is 10.3 Å². The van der Waals surface area contributed by atoms with E-state index >= 15 is 4.39 Å². The van der Waals surface area contributed by atoms with Crippen molar-refractivity contribution in [2.75, 3.05) is 18.8 Å². The Labute approximate surface area is 253 Å². The van der Waals surface area contributed by atoms with E-state index in [9.17, 15) is 13.2 Å². The molecule has 0 amide bonds. The van der Waals surface area contributed by atoms with Crippen LogP contribution >= 0.6 is 11.6 Å². The molecule has 8 atom stereocenters. The molecule has 1 aromatic heterocycles. The summed E-state index contributed by atoms with van der Waals surface area (Å²) in [4.78, 5) is 17.8. The molecule has 2 unspecified atom stereocenters. The van der Waals surface area contributed by atoms with Gasteiger partial charge in [-0.15, -0.1) is 0 Å². The second-order valence-corrected chi connectivity index (χ2v) is 14.8. The number of piperazine rings is 1. The van der Waals surface area contributed by atoms with Gasteiger partial charge < -0.3 is 15.8 Å². The zero-order chi connectivity index (χ0) is 30.0. The van der Waals surface area contributed by atoms with Crippen molar-refractivity contribution >= 4 is 27.4 Å². The van der Waals surface area contributed by atoms with Gasteiger partial charge in [0, 0.05) is 48.7 Å². The van der Waals surface area contributed by atoms with Gasteiger partial charge in [-0.05, 0) is 87.1 Å². The Bertz CT molecular complexity index is 1350. The number of sulfonamides is 1. The number of carbonyl (C=O) groups is 1. The van der Waals surface area contributed by atoms with Crippen molar-refractivity contribution in [1.82, 2.24) is 14.6 Å². The fraction of sp³-hybridized carbons (Fsp3) is 0.613. The third-order valence-electron chi connectivity index (χ3n) is 9.20. The number of rotatable bonds is 9. The van der Waals surface area contributed by atoms with Crippen LogP contribution in [-0.4, -0.2) is 72.7 Å². The molecule has 1 aromatic carbocycles. The van der Waals surface area contributed by atoms with Crippen molar-refractivity contribution in [2.45, 2.75) is 95.0 Å². The Balaban J connectivity index is 1.34. The lowest BCUT2D eigenvalue weighted by molar-refractivity contribution is -0.121. The summed E-state index contributed by atoms with van der Waals surface area (Å²) < 4.78 is 48.6. The maximum atomic E-state index is 15.2. The number of nitrogens with zero attached hydrogens (tertiary/aromatic N) is 2. The standard InChI is InChI=1S/C31H42ClFN4O4S/c1-19-12-22(13-20(2)41-19)30(21-5-7-24(32)8-6-21)31(34)29(38)14-23-15-35-17-28(33)27(23)10-9-26-16-36-25-4-3-11-42(39,40)37(26)18-25/h5-8,15,17,19-20,22,25-26,30-31,36H,3-4,9-14,16,18,34H2,1-2H3/t19-,20+,22?,25-,26+,30+,31-/m1/s1. The third-order valence-corrected chi connectivity index (χ3v) is 11.4. The van der Waals surface area contributed by atoms with Gasteiger partial charge >= 0.3 is 0 Å². The molecule has 11 heteroatoms. The van der Waals surface area contributed by atoms with Crippen LogP contribution in [0.15, 0.2) is 36.7 Å². The number of pyridine rings is 1. The Kier molecular flexibility index (Phi) is 10.0. The van der Waals surface area contributed by atoms with Gasteiger partial charge in [0.05, 0.1) is 30.2 Å². The largest absolute Gasteiger partial charge is 0.376 e. The molecule has 42 heavy (non-hydrogen) atoms. The van der Waals surface area contributed by atoms with Gasteiger partial charge in [0.25, 0.3) is 0 Å². The minimum absolute atomic E-state index is 0.0486. The maximum absolute atomic E-state index is 15.2. The maximum Gasteiger partial charge on any atom is 0.214 e. The first kappa shape index (κ1) is 31.5. The molecular weight excluding hydrogens is 579 g/mol. The number of nitrogens with one attached hydrogen (secondary N) is 1. The van der Waals surface area contributed by atoms with Crippen LogP contribution in [0.3, 0.4) is 0 Å². The first-order valence-electron chi connectivity index (χ1n) is 15.0. The highest BCUT2D eigenvalue weighted by Gasteiger charge is 2.39. The van der Waals surface area contributed by atoms with Crippen LogP contribution in [0.2, 0.25) is 5.02 Å². The molecule has 0 aliphatic carbocycles. The van der Waals surface area contributed by atoms with Gasteiger partial charge in [0.1, 0.15) is 5.82 Å².